The molecule has 2 aromatic rings. The zero-order valence-corrected chi connectivity index (χ0v) is 13.6. The summed E-state index contributed by atoms with van der Waals surface area (Å²) < 4.78 is 1.22. The maximum Gasteiger partial charge on any atom is 0.0348 e. The summed E-state index contributed by atoms with van der Waals surface area (Å²) in [5.74, 6) is 0. The Kier molecular flexibility index (Phi) is 3.84. The van der Waals surface area contributed by atoms with Crippen LogP contribution in [0.2, 0.25) is 0 Å². The normalized spacial score (nSPS) is 17.6. The average Bonchev–Trinajstić information content (AvgIpc) is 2.44. The van der Waals surface area contributed by atoms with Crippen LogP contribution in [0.15, 0.2) is 40.9 Å². The maximum atomic E-state index is 3.71. The molecule has 0 spiro atoms. The molecular formula is C18H20BrN. The Morgan fingerprint density at radius 2 is 1.70 bits per heavy atom. The van der Waals surface area contributed by atoms with E-state index in [4.69, 9.17) is 0 Å². The zero-order chi connectivity index (χ0) is 14.1. The molecule has 0 aliphatic heterocycles. The molecule has 0 saturated carbocycles. The second kappa shape index (κ2) is 5.61. The van der Waals surface area contributed by atoms with E-state index in [2.05, 4.69) is 71.5 Å². The molecule has 1 atom stereocenters. The van der Waals surface area contributed by atoms with E-state index in [1.807, 2.05) is 0 Å². The highest BCUT2D eigenvalue weighted by molar-refractivity contribution is 9.10. The molecule has 0 aromatic heterocycles. The van der Waals surface area contributed by atoms with E-state index in [1.165, 1.54) is 45.3 Å². The lowest BCUT2D eigenvalue weighted by molar-refractivity contribution is 0.611. The quantitative estimate of drug-likeness (QED) is 0.814. The van der Waals surface area contributed by atoms with E-state index in [1.54, 1.807) is 0 Å². The molecule has 0 saturated heterocycles. The first-order chi connectivity index (χ1) is 9.63. The number of rotatable bonds is 2. The molecule has 20 heavy (non-hydrogen) atoms. The third kappa shape index (κ3) is 2.76. The van der Waals surface area contributed by atoms with Crippen molar-refractivity contribution >= 4 is 21.6 Å². The fourth-order valence-electron chi connectivity index (χ4n) is 3.09. The Hall–Kier alpha value is -1.28. The third-order valence-electron chi connectivity index (χ3n) is 4.15. The summed E-state index contributed by atoms with van der Waals surface area (Å²) in [4.78, 5) is 0. The van der Waals surface area contributed by atoms with Gasteiger partial charge in [0.25, 0.3) is 0 Å². The lowest BCUT2D eigenvalue weighted by Crippen LogP contribution is -2.27. The van der Waals surface area contributed by atoms with Crippen molar-refractivity contribution in [3.05, 3.63) is 63.1 Å². The van der Waals surface area contributed by atoms with Crippen molar-refractivity contribution in [2.24, 2.45) is 0 Å². The van der Waals surface area contributed by atoms with Gasteiger partial charge in [-0.1, -0.05) is 40.2 Å². The fraction of sp³-hybridized carbons (Fsp3) is 0.333. The SMILES string of the molecule is Cc1cc(NC2CCc3ccccc3C2)cc(C)c1Br. The predicted molar refractivity (Wildman–Crippen MR) is 89.5 cm³/mol. The van der Waals surface area contributed by atoms with E-state index in [0.29, 0.717) is 6.04 Å². The molecule has 0 radical (unpaired) electrons. The average molecular weight is 330 g/mol. The van der Waals surface area contributed by atoms with Crippen LogP contribution in [0.1, 0.15) is 28.7 Å². The molecule has 0 amide bonds. The predicted octanol–water partition coefficient (Wildman–Crippen LogP) is 5.04. The van der Waals surface area contributed by atoms with Crippen LogP contribution in [0.4, 0.5) is 5.69 Å². The molecule has 2 heteroatoms. The van der Waals surface area contributed by atoms with Crippen molar-refractivity contribution in [2.75, 3.05) is 5.32 Å². The minimum atomic E-state index is 0.546. The molecule has 3 rings (SSSR count). The minimum absolute atomic E-state index is 0.546. The Balaban J connectivity index is 1.77. The number of aryl methyl sites for hydroxylation is 3. The lowest BCUT2D eigenvalue weighted by Gasteiger charge is -2.26. The number of hydrogen-bond acceptors (Lipinski definition) is 1. The third-order valence-corrected chi connectivity index (χ3v) is 5.40. The monoisotopic (exact) mass is 329 g/mol. The summed E-state index contributed by atoms with van der Waals surface area (Å²) in [7, 11) is 0. The molecule has 2 aromatic carbocycles. The maximum absolute atomic E-state index is 3.71. The van der Waals surface area contributed by atoms with Gasteiger partial charge in [-0.25, -0.2) is 0 Å². The second-order valence-electron chi connectivity index (χ2n) is 5.78. The molecule has 0 fully saturated rings. The van der Waals surface area contributed by atoms with Crippen molar-refractivity contribution in [2.45, 2.75) is 39.2 Å². The van der Waals surface area contributed by atoms with E-state index >= 15 is 0 Å². The highest BCUT2D eigenvalue weighted by Gasteiger charge is 2.18. The van der Waals surface area contributed by atoms with Gasteiger partial charge in [0.2, 0.25) is 0 Å². The summed E-state index contributed by atoms with van der Waals surface area (Å²) in [6, 6.07) is 13.8. The Bertz CT molecular complexity index is 610. The number of nitrogens with one attached hydrogen (secondary N) is 1. The number of halogens is 1. The van der Waals surface area contributed by atoms with E-state index in [-0.39, 0.29) is 0 Å². The summed E-state index contributed by atoms with van der Waals surface area (Å²) in [5.41, 5.74) is 6.86. The van der Waals surface area contributed by atoms with Crippen LogP contribution in [0.3, 0.4) is 0 Å². The smallest absolute Gasteiger partial charge is 0.0348 e. The highest BCUT2D eigenvalue weighted by atomic mass is 79.9. The largest absolute Gasteiger partial charge is 0.382 e. The standard InChI is InChI=1S/C18H20BrN/c1-12-9-17(10-13(2)18(12)19)20-16-8-7-14-5-3-4-6-15(14)11-16/h3-6,9-10,16,20H,7-8,11H2,1-2H3. The van der Waals surface area contributed by atoms with E-state index < -0.39 is 0 Å². The van der Waals surface area contributed by atoms with Crippen LogP contribution in [-0.2, 0) is 12.8 Å². The van der Waals surface area contributed by atoms with Crippen molar-refractivity contribution < 1.29 is 0 Å². The Morgan fingerprint density at radius 1 is 1.05 bits per heavy atom. The van der Waals surface area contributed by atoms with E-state index in [0.717, 1.165) is 6.42 Å². The number of hydrogen-bond donors (Lipinski definition) is 1. The topological polar surface area (TPSA) is 12.0 Å². The zero-order valence-electron chi connectivity index (χ0n) is 12.0. The van der Waals surface area contributed by atoms with Gasteiger partial charge in [0.1, 0.15) is 0 Å². The molecule has 1 aliphatic carbocycles. The van der Waals surface area contributed by atoms with Gasteiger partial charge in [0.15, 0.2) is 0 Å². The van der Waals surface area contributed by atoms with Gasteiger partial charge in [-0.3, -0.25) is 0 Å². The van der Waals surface area contributed by atoms with Crippen LogP contribution >= 0.6 is 15.9 Å². The minimum Gasteiger partial charge on any atom is -0.382 e. The molecule has 0 heterocycles. The molecule has 104 valence electrons. The van der Waals surface area contributed by atoms with Gasteiger partial charge in [0, 0.05) is 16.2 Å². The summed E-state index contributed by atoms with van der Waals surface area (Å²) >= 11 is 3.63. The molecule has 1 N–H and O–H groups in total. The molecule has 1 nitrogen and oxygen atoms in total. The van der Waals surface area contributed by atoms with Crippen LogP contribution in [0.5, 0.6) is 0 Å². The Morgan fingerprint density at radius 3 is 2.40 bits per heavy atom. The summed E-state index contributed by atoms with van der Waals surface area (Å²) in [5, 5.41) is 3.71. The second-order valence-corrected chi connectivity index (χ2v) is 6.57. The van der Waals surface area contributed by atoms with E-state index in [9.17, 15) is 0 Å². The van der Waals surface area contributed by atoms with Gasteiger partial charge >= 0.3 is 0 Å². The van der Waals surface area contributed by atoms with Crippen molar-refractivity contribution in [3.8, 4) is 0 Å². The number of benzene rings is 2. The van der Waals surface area contributed by atoms with Crippen LogP contribution in [0, 0.1) is 13.8 Å². The Labute approximate surface area is 129 Å². The van der Waals surface area contributed by atoms with Gasteiger partial charge in [0.05, 0.1) is 0 Å². The molecule has 1 unspecified atom stereocenters. The van der Waals surface area contributed by atoms with Gasteiger partial charge in [-0.05, 0) is 67.5 Å². The highest BCUT2D eigenvalue weighted by Crippen LogP contribution is 2.28. The summed E-state index contributed by atoms with van der Waals surface area (Å²) in [6.07, 6.45) is 3.53. The fourth-order valence-corrected chi connectivity index (χ4v) is 3.31. The number of fused-ring (bicyclic) bond motifs is 1. The number of anilines is 1. The lowest BCUT2D eigenvalue weighted by atomic mass is 9.88. The van der Waals surface area contributed by atoms with Crippen molar-refractivity contribution in [1.82, 2.24) is 0 Å². The molecule has 1 aliphatic rings. The van der Waals surface area contributed by atoms with Crippen LogP contribution in [-0.4, -0.2) is 6.04 Å². The first-order valence-corrected chi connectivity index (χ1v) is 8.03. The van der Waals surface area contributed by atoms with Gasteiger partial charge in [-0.15, -0.1) is 0 Å². The summed E-state index contributed by atoms with van der Waals surface area (Å²) in [6.45, 7) is 4.30. The molecular weight excluding hydrogens is 310 g/mol. The van der Waals surface area contributed by atoms with Crippen LogP contribution in [0.25, 0.3) is 0 Å². The van der Waals surface area contributed by atoms with Gasteiger partial charge in [-0.2, -0.15) is 0 Å². The van der Waals surface area contributed by atoms with Gasteiger partial charge < -0.3 is 5.32 Å². The first-order valence-electron chi connectivity index (χ1n) is 7.23. The molecule has 0 bridgehead atoms. The van der Waals surface area contributed by atoms with Crippen molar-refractivity contribution in [3.63, 3.8) is 0 Å². The first kappa shape index (κ1) is 13.7. The van der Waals surface area contributed by atoms with Crippen LogP contribution < -0.4 is 5.32 Å². The van der Waals surface area contributed by atoms with Crippen molar-refractivity contribution in [1.29, 1.82) is 0 Å².